The summed E-state index contributed by atoms with van der Waals surface area (Å²) in [5.41, 5.74) is 2.22. The first-order chi connectivity index (χ1) is 14.5. The molecular formula is C21H30ClIN6OS. The van der Waals surface area contributed by atoms with Crippen LogP contribution in [0.2, 0.25) is 5.02 Å². The van der Waals surface area contributed by atoms with Crippen LogP contribution in [0.25, 0.3) is 0 Å². The molecule has 1 saturated heterocycles. The Morgan fingerprint density at radius 3 is 2.52 bits per heavy atom. The molecule has 0 unspecified atom stereocenters. The standard InChI is InChI=1S/C21H29ClN6OS.HI/c1-3-23-21(24-9-8-18-15-30-16(2)26-18)25-14-20(29)28-12-10-27(11-13-28)19-6-4-17(22)5-7-19;/h4-7,15H,3,8-14H2,1-2H3,(H2,23,24,25);1H. The molecule has 1 amide bonds. The Labute approximate surface area is 210 Å². The molecule has 2 aromatic rings. The second kappa shape index (κ2) is 13.1. The first kappa shape index (κ1) is 25.7. The fourth-order valence-electron chi connectivity index (χ4n) is 3.29. The molecule has 0 radical (unpaired) electrons. The van der Waals surface area contributed by atoms with Crippen LogP contribution in [-0.4, -0.2) is 67.6 Å². The molecule has 3 rings (SSSR count). The highest BCUT2D eigenvalue weighted by molar-refractivity contribution is 14.0. The van der Waals surface area contributed by atoms with Gasteiger partial charge in [0.1, 0.15) is 6.54 Å². The molecule has 1 aliphatic rings. The number of benzene rings is 1. The molecule has 1 aromatic carbocycles. The van der Waals surface area contributed by atoms with Gasteiger partial charge < -0.3 is 20.4 Å². The summed E-state index contributed by atoms with van der Waals surface area (Å²) in [6.07, 6.45) is 0.829. The van der Waals surface area contributed by atoms with Crippen molar-refractivity contribution in [2.24, 2.45) is 4.99 Å². The number of halogens is 2. The Kier molecular flexibility index (Phi) is 10.8. The number of nitrogens with one attached hydrogen (secondary N) is 2. The molecule has 170 valence electrons. The van der Waals surface area contributed by atoms with Gasteiger partial charge in [-0.05, 0) is 38.1 Å². The van der Waals surface area contributed by atoms with Gasteiger partial charge in [-0.1, -0.05) is 11.6 Å². The topological polar surface area (TPSA) is 72.9 Å². The summed E-state index contributed by atoms with van der Waals surface area (Å²) >= 11 is 7.62. The lowest BCUT2D eigenvalue weighted by molar-refractivity contribution is -0.129. The SMILES string of the molecule is CCNC(=NCC(=O)N1CCN(c2ccc(Cl)cc2)CC1)NCCc1csc(C)n1.I. The van der Waals surface area contributed by atoms with Crippen LogP contribution < -0.4 is 15.5 Å². The monoisotopic (exact) mass is 576 g/mol. The molecule has 10 heteroatoms. The predicted molar refractivity (Wildman–Crippen MR) is 140 cm³/mol. The van der Waals surface area contributed by atoms with E-state index in [0.717, 1.165) is 54.0 Å². The summed E-state index contributed by atoms with van der Waals surface area (Å²) in [6, 6.07) is 7.83. The molecule has 1 aliphatic heterocycles. The zero-order chi connectivity index (χ0) is 21.3. The van der Waals surface area contributed by atoms with E-state index in [9.17, 15) is 4.79 Å². The highest BCUT2D eigenvalue weighted by atomic mass is 127. The number of amides is 1. The summed E-state index contributed by atoms with van der Waals surface area (Å²) in [5, 5.41) is 10.4. The largest absolute Gasteiger partial charge is 0.368 e. The fraction of sp³-hybridized carbons (Fsp3) is 0.476. The Morgan fingerprint density at radius 1 is 1.19 bits per heavy atom. The van der Waals surface area contributed by atoms with Gasteiger partial charge in [0.2, 0.25) is 5.91 Å². The van der Waals surface area contributed by atoms with Crippen molar-refractivity contribution in [1.29, 1.82) is 0 Å². The van der Waals surface area contributed by atoms with Crippen molar-refractivity contribution < 1.29 is 4.79 Å². The number of thiazole rings is 1. The van der Waals surface area contributed by atoms with E-state index in [2.05, 4.69) is 30.9 Å². The summed E-state index contributed by atoms with van der Waals surface area (Å²) < 4.78 is 0. The number of hydrogen-bond acceptors (Lipinski definition) is 5. The number of carbonyl (C=O) groups is 1. The normalized spacial score (nSPS) is 14.2. The lowest BCUT2D eigenvalue weighted by Crippen LogP contribution is -2.49. The lowest BCUT2D eigenvalue weighted by atomic mass is 10.2. The van der Waals surface area contributed by atoms with Crippen molar-refractivity contribution in [1.82, 2.24) is 20.5 Å². The molecule has 0 bridgehead atoms. The predicted octanol–water partition coefficient (Wildman–Crippen LogP) is 3.17. The number of guanidine groups is 1. The van der Waals surface area contributed by atoms with E-state index >= 15 is 0 Å². The third-order valence-electron chi connectivity index (χ3n) is 4.88. The Bertz CT molecular complexity index is 852. The second-order valence-corrected chi connectivity index (χ2v) is 8.57. The van der Waals surface area contributed by atoms with E-state index in [1.807, 2.05) is 43.0 Å². The highest BCUT2D eigenvalue weighted by Crippen LogP contribution is 2.19. The van der Waals surface area contributed by atoms with Gasteiger partial charge >= 0.3 is 0 Å². The zero-order valence-electron chi connectivity index (χ0n) is 17.9. The number of rotatable bonds is 7. The number of anilines is 1. The molecule has 0 aliphatic carbocycles. The molecular weight excluding hydrogens is 547 g/mol. The highest BCUT2D eigenvalue weighted by Gasteiger charge is 2.21. The minimum Gasteiger partial charge on any atom is -0.368 e. The Morgan fingerprint density at radius 2 is 1.90 bits per heavy atom. The van der Waals surface area contributed by atoms with E-state index in [1.54, 1.807) is 11.3 Å². The van der Waals surface area contributed by atoms with Crippen molar-refractivity contribution in [2.45, 2.75) is 20.3 Å². The van der Waals surface area contributed by atoms with Gasteiger partial charge in [-0.25, -0.2) is 9.98 Å². The number of piperazine rings is 1. The van der Waals surface area contributed by atoms with Crippen molar-refractivity contribution in [3.8, 4) is 0 Å². The maximum absolute atomic E-state index is 12.6. The average Bonchev–Trinajstić information content (AvgIpc) is 3.17. The third-order valence-corrected chi connectivity index (χ3v) is 5.96. The van der Waals surface area contributed by atoms with Gasteiger partial charge in [0, 0.05) is 61.8 Å². The summed E-state index contributed by atoms with van der Waals surface area (Å²) in [5.74, 6) is 0.718. The smallest absolute Gasteiger partial charge is 0.244 e. The lowest BCUT2D eigenvalue weighted by Gasteiger charge is -2.36. The first-order valence-electron chi connectivity index (χ1n) is 10.3. The number of carbonyl (C=O) groups excluding carboxylic acids is 1. The van der Waals surface area contributed by atoms with Crippen LogP contribution in [0.1, 0.15) is 17.6 Å². The number of nitrogens with zero attached hydrogens (tertiary/aromatic N) is 4. The first-order valence-corrected chi connectivity index (χ1v) is 11.5. The van der Waals surface area contributed by atoms with Crippen molar-refractivity contribution >= 4 is 64.5 Å². The van der Waals surface area contributed by atoms with E-state index in [0.29, 0.717) is 19.0 Å². The molecule has 1 aromatic heterocycles. The molecule has 0 spiro atoms. The van der Waals surface area contributed by atoms with E-state index in [-0.39, 0.29) is 36.4 Å². The van der Waals surface area contributed by atoms with Crippen LogP contribution in [0.3, 0.4) is 0 Å². The van der Waals surface area contributed by atoms with Gasteiger partial charge in [0.05, 0.1) is 10.7 Å². The summed E-state index contributed by atoms with van der Waals surface area (Å²) in [4.78, 5) is 25.7. The molecule has 0 saturated carbocycles. The minimum atomic E-state index is 0. The maximum atomic E-state index is 12.6. The van der Waals surface area contributed by atoms with E-state index in [4.69, 9.17) is 11.6 Å². The molecule has 2 heterocycles. The van der Waals surface area contributed by atoms with Gasteiger partial charge in [0.25, 0.3) is 0 Å². The second-order valence-electron chi connectivity index (χ2n) is 7.07. The van der Waals surface area contributed by atoms with Crippen LogP contribution in [0.4, 0.5) is 5.69 Å². The number of hydrogen-bond donors (Lipinski definition) is 2. The van der Waals surface area contributed by atoms with Crippen molar-refractivity contribution in [3.63, 3.8) is 0 Å². The van der Waals surface area contributed by atoms with Crippen molar-refractivity contribution in [3.05, 3.63) is 45.4 Å². The third kappa shape index (κ3) is 8.12. The van der Waals surface area contributed by atoms with Gasteiger partial charge in [0.15, 0.2) is 5.96 Å². The summed E-state index contributed by atoms with van der Waals surface area (Å²) in [7, 11) is 0. The van der Waals surface area contributed by atoms with Crippen LogP contribution in [-0.2, 0) is 11.2 Å². The minimum absolute atomic E-state index is 0. The molecule has 2 N–H and O–H groups in total. The number of aryl methyl sites for hydroxylation is 1. The Balaban J connectivity index is 0.00000341. The van der Waals surface area contributed by atoms with Gasteiger partial charge in [-0.3, -0.25) is 4.79 Å². The molecule has 7 nitrogen and oxygen atoms in total. The van der Waals surface area contributed by atoms with Crippen LogP contribution in [0.5, 0.6) is 0 Å². The van der Waals surface area contributed by atoms with Crippen LogP contribution >= 0.6 is 46.9 Å². The van der Waals surface area contributed by atoms with Gasteiger partial charge in [-0.2, -0.15) is 0 Å². The van der Waals surface area contributed by atoms with E-state index in [1.165, 1.54) is 0 Å². The number of aromatic nitrogens is 1. The molecule has 31 heavy (non-hydrogen) atoms. The quantitative estimate of drug-likeness (QED) is 0.301. The van der Waals surface area contributed by atoms with Crippen LogP contribution in [0, 0.1) is 6.92 Å². The number of aliphatic imine (C=N–C) groups is 1. The molecule has 1 fully saturated rings. The van der Waals surface area contributed by atoms with Gasteiger partial charge in [-0.15, -0.1) is 35.3 Å². The fourth-order valence-corrected chi connectivity index (χ4v) is 4.06. The molecule has 0 atom stereocenters. The Hall–Kier alpha value is -1.59. The van der Waals surface area contributed by atoms with Crippen LogP contribution in [0.15, 0.2) is 34.6 Å². The zero-order valence-corrected chi connectivity index (χ0v) is 21.8. The average molecular weight is 577 g/mol. The van der Waals surface area contributed by atoms with Crippen molar-refractivity contribution in [2.75, 3.05) is 50.7 Å². The van der Waals surface area contributed by atoms with E-state index < -0.39 is 0 Å². The maximum Gasteiger partial charge on any atom is 0.244 e. The summed E-state index contributed by atoms with van der Waals surface area (Å²) in [6.45, 7) is 8.65.